The van der Waals surface area contributed by atoms with Gasteiger partial charge in [-0.3, -0.25) is 0 Å². The Bertz CT molecular complexity index is 240. The molecule has 1 nitrogen and oxygen atoms in total. The molecule has 3 heteroatoms. The largest absolute Gasteiger partial charge is 0.311 e. The molecule has 0 fully saturated rings. The van der Waals surface area contributed by atoms with Crippen molar-refractivity contribution in [3.63, 3.8) is 0 Å². The van der Waals surface area contributed by atoms with Gasteiger partial charge in [0.05, 0.1) is 6.61 Å². The summed E-state index contributed by atoms with van der Waals surface area (Å²) in [5.74, 6) is 0. The Labute approximate surface area is 85.8 Å². The van der Waals surface area contributed by atoms with Crippen LogP contribution in [0.4, 0.5) is 0 Å². The Kier molecular flexibility index (Phi) is 4.73. The number of halogens is 1. The van der Waals surface area contributed by atoms with E-state index in [1.54, 1.807) is 0 Å². The second-order valence-corrected chi connectivity index (χ2v) is 3.63. The molecule has 1 aromatic carbocycles. The molecule has 0 unspecified atom stereocenters. The molecule has 0 aliphatic rings. The summed E-state index contributed by atoms with van der Waals surface area (Å²) in [4.78, 5) is 1.19. The van der Waals surface area contributed by atoms with Gasteiger partial charge in [-0.05, 0) is 18.6 Å². The number of alkyl halides is 1. The maximum Gasteiger partial charge on any atom is 0.0590 e. The maximum atomic E-state index is 5.26. The van der Waals surface area contributed by atoms with Gasteiger partial charge >= 0.3 is 0 Å². The van der Waals surface area contributed by atoms with E-state index in [1.165, 1.54) is 22.5 Å². The van der Waals surface area contributed by atoms with Gasteiger partial charge in [0, 0.05) is 22.3 Å². The highest BCUT2D eigenvalue weighted by Crippen LogP contribution is 2.24. The standard InChI is InChI=1S/C9H11BrOS/c1-2-11-12-9-6-4-3-5-8(9)7-10/h3-6H,2,7H2,1H3. The van der Waals surface area contributed by atoms with Crippen molar-refractivity contribution in [2.24, 2.45) is 0 Å². The van der Waals surface area contributed by atoms with Crippen molar-refractivity contribution in [3.8, 4) is 0 Å². The minimum atomic E-state index is 0.737. The lowest BCUT2D eigenvalue weighted by atomic mass is 10.2. The lowest BCUT2D eigenvalue weighted by Crippen LogP contribution is -1.84. The molecule has 1 aromatic rings. The maximum absolute atomic E-state index is 5.26. The van der Waals surface area contributed by atoms with Crippen LogP contribution in [0.15, 0.2) is 29.2 Å². The normalized spacial score (nSPS) is 10.2. The molecule has 12 heavy (non-hydrogen) atoms. The van der Waals surface area contributed by atoms with E-state index in [1.807, 2.05) is 19.1 Å². The second-order valence-electron chi connectivity index (χ2n) is 2.23. The lowest BCUT2D eigenvalue weighted by Gasteiger charge is -2.04. The van der Waals surface area contributed by atoms with E-state index < -0.39 is 0 Å². The Morgan fingerprint density at radius 3 is 2.83 bits per heavy atom. The molecule has 0 saturated carbocycles. The summed E-state index contributed by atoms with van der Waals surface area (Å²) in [7, 11) is 0. The topological polar surface area (TPSA) is 9.23 Å². The van der Waals surface area contributed by atoms with E-state index in [2.05, 4.69) is 28.1 Å². The summed E-state index contributed by atoms with van der Waals surface area (Å²) < 4.78 is 5.26. The van der Waals surface area contributed by atoms with E-state index in [0.717, 1.165) is 11.9 Å². The SMILES string of the molecule is CCOSc1ccccc1CBr. The van der Waals surface area contributed by atoms with E-state index >= 15 is 0 Å². The first-order valence-electron chi connectivity index (χ1n) is 3.81. The van der Waals surface area contributed by atoms with Gasteiger partial charge in [-0.25, -0.2) is 0 Å². The van der Waals surface area contributed by atoms with Gasteiger partial charge < -0.3 is 4.18 Å². The average Bonchev–Trinajstić information content (AvgIpc) is 2.15. The molecule has 0 bridgehead atoms. The molecule has 66 valence electrons. The van der Waals surface area contributed by atoms with Crippen LogP contribution in [0, 0.1) is 0 Å². The van der Waals surface area contributed by atoms with Gasteiger partial charge in [0.1, 0.15) is 0 Å². The molecule has 0 aliphatic heterocycles. The molecule has 0 aliphatic carbocycles. The van der Waals surface area contributed by atoms with Crippen molar-refractivity contribution in [2.45, 2.75) is 17.1 Å². The molecule has 0 aromatic heterocycles. The number of rotatable bonds is 4. The molecular formula is C9H11BrOS. The number of benzene rings is 1. The summed E-state index contributed by atoms with van der Waals surface area (Å²) in [5.41, 5.74) is 1.27. The Morgan fingerprint density at radius 2 is 2.17 bits per heavy atom. The minimum absolute atomic E-state index is 0.737. The zero-order valence-electron chi connectivity index (χ0n) is 6.92. The summed E-state index contributed by atoms with van der Waals surface area (Å²) in [6, 6.07) is 8.22. The fourth-order valence-corrected chi connectivity index (χ4v) is 2.12. The highest BCUT2D eigenvalue weighted by molar-refractivity contribution is 9.08. The minimum Gasteiger partial charge on any atom is -0.311 e. The summed E-state index contributed by atoms with van der Waals surface area (Å²) in [6.45, 7) is 2.73. The van der Waals surface area contributed by atoms with Gasteiger partial charge in [0.15, 0.2) is 0 Å². The van der Waals surface area contributed by atoms with E-state index in [9.17, 15) is 0 Å². The third-order valence-electron chi connectivity index (χ3n) is 1.38. The van der Waals surface area contributed by atoms with Crippen LogP contribution in [-0.4, -0.2) is 6.61 Å². The van der Waals surface area contributed by atoms with Crippen LogP contribution in [-0.2, 0) is 9.51 Å². The van der Waals surface area contributed by atoms with Crippen molar-refractivity contribution < 1.29 is 4.18 Å². The molecule has 0 spiro atoms. The molecule has 1 rings (SSSR count). The zero-order valence-corrected chi connectivity index (χ0v) is 9.32. The molecule has 0 heterocycles. The van der Waals surface area contributed by atoms with Crippen LogP contribution < -0.4 is 0 Å². The van der Waals surface area contributed by atoms with Crippen LogP contribution in [0.2, 0.25) is 0 Å². The average molecular weight is 247 g/mol. The monoisotopic (exact) mass is 246 g/mol. The van der Waals surface area contributed by atoms with Crippen molar-refractivity contribution in [1.82, 2.24) is 0 Å². The summed E-state index contributed by atoms with van der Waals surface area (Å²) in [5, 5.41) is 0.878. The molecule has 0 atom stereocenters. The molecule has 0 amide bonds. The Balaban J connectivity index is 2.68. The number of hydrogen-bond acceptors (Lipinski definition) is 2. The predicted octanol–water partition coefficient (Wildman–Crippen LogP) is 3.63. The van der Waals surface area contributed by atoms with Crippen LogP contribution in [0.1, 0.15) is 12.5 Å². The van der Waals surface area contributed by atoms with Crippen LogP contribution in [0.5, 0.6) is 0 Å². The smallest absolute Gasteiger partial charge is 0.0590 e. The number of hydrogen-bond donors (Lipinski definition) is 0. The van der Waals surface area contributed by atoms with Crippen molar-refractivity contribution in [2.75, 3.05) is 6.61 Å². The van der Waals surface area contributed by atoms with E-state index in [4.69, 9.17) is 4.18 Å². The fourth-order valence-electron chi connectivity index (χ4n) is 0.818. The van der Waals surface area contributed by atoms with E-state index in [0.29, 0.717) is 0 Å². The second kappa shape index (κ2) is 5.62. The van der Waals surface area contributed by atoms with Gasteiger partial charge in [-0.1, -0.05) is 34.1 Å². The molecule has 0 radical (unpaired) electrons. The van der Waals surface area contributed by atoms with Crippen molar-refractivity contribution in [1.29, 1.82) is 0 Å². The predicted molar refractivity (Wildman–Crippen MR) is 56.6 cm³/mol. The third kappa shape index (κ3) is 2.81. The first kappa shape index (κ1) is 10.1. The summed E-state index contributed by atoms with van der Waals surface area (Å²) >= 11 is 4.87. The lowest BCUT2D eigenvalue weighted by molar-refractivity contribution is 0.401. The van der Waals surface area contributed by atoms with Crippen LogP contribution in [0.3, 0.4) is 0 Å². The van der Waals surface area contributed by atoms with Gasteiger partial charge in [0.25, 0.3) is 0 Å². The quantitative estimate of drug-likeness (QED) is 0.593. The Morgan fingerprint density at radius 1 is 1.42 bits per heavy atom. The van der Waals surface area contributed by atoms with Crippen LogP contribution in [0.25, 0.3) is 0 Å². The highest BCUT2D eigenvalue weighted by atomic mass is 79.9. The fraction of sp³-hybridized carbons (Fsp3) is 0.333. The molecule has 0 N–H and O–H groups in total. The molecule has 0 saturated heterocycles. The van der Waals surface area contributed by atoms with Crippen LogP contribution >= 0.6 is 28.0 Å². The first-order chi connectivity index (χ1) is 5.88. The van der Waals surface area contributed by atoms with E-state index in [-0.39, 0.29) is 0 Å². The first-order valence-corrected chi connectivity index (χ1v) is 5.68. The van der Waals surface area contributed by atoms with Crippen molar-refractivity contribution >= 4 is 28.0 Å². The Hall–Kier alpha value is 0.01000. The summed E-state index contributed by atoms with van der Waals surface area (Å²) in [6.07, 6.45) is 0. The van der Waals surface area contributed by atoms with Gasteiger partial charge in [-0.2, -0.15) is 0 Å². The highest BCUT2D eigenvalue weighted by Gasteiger charge is 1.99. The van der Waals surface area contributed by atoms with Gasteiger partial charge in [-0.15, -0.1) is 0 Å². The zero-order chi connectivity index (χ0) is 8.81. The van der Waals surface area contributed by atoms with Gasteiger partial charge in [0.2, 0.25) is 0 Å². The van der Waals surface area contributed by atoms with Crippen molar-refractivity contribution in [3.05, 3.63) is 29.8 Å². The molecular weight excluding hydrogens is 236 g/mol. The third-order valence-corrected chi connectivity index (χ3v) is 2.92.